The van der Waals surface area contributed by atoms with Gasteiger partial charge in [0.05, 0.1) is 12.1 Å². The van der Waals surface area contributed by atoms with E-state index < -0.39 is 0 Å². The lowest BCUT2D eigenvalue weighted by atomic mass is 10.2. The molecular formula is C10H17N3O. The predicted molar refractivity (Wildman–Crippen MR) is 53.5 cm³/mol. The number of nitrogens with zero attached hydrogens (tertiary/aromatic N) is 2. The van der Waals surface area contributed by atoms with Crippen LogP contribution in [0, 0.1) is 11.3 Å². The van der Waals surface area contributed by atoms with E-state index in [2.05, 4.69) is 16.3 Å². The van der Waals surface area contributed by atoms with Crippen LogP contribution in [-0.4, -0.2) is 36.5 Å². The van der Waals surface area contributed by atoms with Gasteiger partial charge in [0.1, 0.15) is 0 Å². The molecule has 1 aliphatic rings. The second-order valence-corrected chi connectivity index (χ2v) is 3.67. The third kappa shape index (κ3) is 2.71. The van der Waals surface area contributed by atoms with Crippen molar-refractivity contribution in [3.05, 3.63) is 0 Å². The van der Waals surface area contributed by atoms with Gasteiger partial charge in [-0.2, -0.15) is 5.26 Å². The molecule has 4 nitrogen and oxygen atoms in total. The van der Waals surface area contributed by atoms with Crippen molar-refractivity contribution in [2.75, 3.05) is 13.6 Å². The van der Waals surface area contributed by atoms with Gasteiger partial charge in [-0.1, -0.05) is 0 Å². The molecule has 0 radical (unpaired) electrons. The van der Waals surface area contributed by atoms with Crippen LogP contribution in [0.4, 0.5) is 0 Å². The van der Waals surface area contributed by atoms with E-state index in [0.29, 0.717) is 19.0 Å². The van der Waals surface area contributed by atoms with Gasteiger partial charge in [-0.15, -0.1) is 0 Å². The Balaban J connectivity index is 2.48. The first-order valence-electron chi connectivity index (χ1n) is 5.05. The maximum Gasteiger partial charge on any atom is 0.236 e. The van der Waals surface area contributed by atoms with Crippen molar-refractivity contribution in [2.45, 2.75) is 38.3 Å². The zero-order valence-corrected chi connectivity index (χ0v) is 8.79. The van der Waals surface area contributed by atoms with Crippen molar-refractivity contribution < 1.29 is 4.79 Å². The molecule has 0 saturated heterocycles. The van der Waals surface area contributed by atoms with Gasteiger partial charge in [0.25, 0.3) is 0 Å². The second-order valence-electron chi connectivity index (χ2n) is 3.67. The molecule has 4 heteroatoms. The Morgan fingerprint density at radius 3 is 2.79 bits per heavy atom. The highest BCUT2D eigenvalue weighted by molar-refractivity contribution is 5.81. The minimum atomic E-state index is -0.110. The lowest BCUT2D eigenvalue weighted by Crippen LogP contribution is -2.45. The smallest absolute Gasteiger partial charge is 0.236 e. The van der Waals surface area contributed by atoms with E-state index in [4.69, 9.17) is 5.26 Å². The molecule has 0 aromatic rings. The molecule has 0 aromatic heterocycles. The van der Waals surface area contributed by atoms with Gasteiger partial charge in [0, 0.05) is 26.1 Å². The molecule has 1 amide bonds. The quantitative estimate of drug-likeness (QED) is 0.695. The highest BCUT2D eigenvalue weighted by atomic mass is 16.2. The number of nitrogens with one attached hydrogen (secondary N) is 1. The molecule has 14 heavy (non-hydrogen) atoms. The van der Waals surface area contributed by atoms with Gasteiger partial charge in [-0.3, -0.25) is 9.69 Å². The van der Waals surface area contributed by atoms with Gasteiger partial charge in [0.2, 0.25) is 5.91 Å². The molecule has 1 aliphatic carbocycles. The Morgan fingerprint density at radius 2 is 2.36 bits per heavy atom. The van der Waals surface area contributed by atoms with E-state index >= 15 is 0 Å². The third-order valence-corrected chi connectivity index (χ3v) is 2.62. The summed E-state index contributed by atoms with van der Waals surface area (Å²) in [6.07, 6.45) is 2.82. The van der Waals surface area contributed by atoms with E-state index in [1.165, 1.54) is 0 Å². The number of nitriles is 1. The van der Waals surface area contributed by atoms with Crippen LogP contribution in [0.3, 0.4) is 0 Å². The average molecular weight is 195 g/mol. The van der Waals surface area contributed by atoms with Crippen LogP contribution in [0.2, 0.25) is 0 Å². The van der Waals surface area contributed by atoms with Crippen LogP contribution >= 0.6 is 0 Å². The van der Waals surface area contributed by atoms with Gasteiger partial charge in [-0.25, -0.2) is 0 Å². The van der Waals surface area contributed by atoms with Gasteiger partial charge in [-0.05, 0) is 19.8 Å². The first kappa shape index (κ1) is 11.0. The molecule has 1 unspecified atom stereocenters. The average Bonchev–Trinajstić information content (AvgIpc) is 3.01. The highest BCUT2D eigenvalue weighted by Gasteiger charge is 2.34. The molecule has 0 aromatic carbocycles. The van der Waals surface area contributed by atoms with Crippen molar-refractivity contribution >= 4 is 5.91 Å². The summed E-state index contributed by atoms with van der Waals surface area (Å²) in [6, 6.07) is 2.53. The Hall–Kier alpha value is -1.08. The molecule has 0 spiro atoms. The maximum absolute atomic E-state index is 11.4. The summed E-state index contributed by atoms with van der Waals surface area (Å²) in [5.41, 5.74) is 0. The van der Waals surface area contributed by atoms with Gasteiger partial charge < -0.3 is 5.32 Å². The minimum absolute atomic E-state index is 0.0369. The van der Waals surface area contributed by atoms with E-state index in [-0.39, 0.29) is 11.9 Å². The van der Waals surface area contributed by atoms with E-state index in [1.807, 2.05) is 6.92 Å². The zero-order chi connectivity index (χ0) is 10.6. The predicted octanol–water partition coefficient (Wildman–Crippen LogP) is 0.499. The van der Waals surface area contributed by atoms with E-state index in [9.17, 15) is 4.79 Å². The Morgan fingerprint density at radius 1 is 1.71 bits per heavy atom. The highest BCUT2D eigenvalue weighted by Crippen LogP contribution is 2.28. The van der Waals surface area contributed by atoms with Crippen LogP contribution in [-0.2, 0) is 4.79 Å². The molecule has 0 aliphatic heterocycles. The van der Waals surface area contributed by atoms with Crippen LogP contribution in [0.15, 0.2) is 0 Å². The standard InChI is InChI=1S/C10H17N3O/c1-8(10(14)12-2)13(7-3-6-11)9-4-5-9/h8-9H,3-5,7H2,1-2H3,(H,12,14). The molecule has 0 heterocycles. The minimum Gasteiger partial charge on any atom is -0.358 e. The largest absolute Gasteiger partial charge is 0.358 e. The number of amides is 1. The van der Waals surface area contributed by atoms with Crippen molar-refractivity contribution in [1.82, 2.24) is 10.2 Å². The fraction of sp³-hybridized carbons (Fsp3) is 0.800. The summed E-state index contributed by atoms with van der Waals surface area (Å²) >= 11 is 0. The number of hydrogen-bond donors (Lipinski definition) is 1. The van der Waals surface area contributed by atoms with Gasteiger partial charge in [0.15, 0.2) is 0 Å². The first-order chi connectivity index (χ1) is 6.70. The van der Waals surface area contributed by atoms with Crippen molar-refractivity contribution in [1.29, 1.82) is 5.26 Å². The Kier molecular flexibility index (Phi) is 3.90. The Bertz CT molecular complexity index is 242. The third-order valence-electron chi connectivity index (χ3n) is 2.62. The summed E-state index contributed by atoms with van der Waals surface area (Å²) in [4.78, 5) is 13.5. The first-order valence-corrected chi connectivity index (χ1v) is 5.05. The lowest BCUT2D eigenvalue weighted by molar-refractivity contribution is -0.125. The summed E-state index contributed by atoms with van der Waals surface area (Å²) < 4.78 is 0. The SMILES string of the molecule is CNC(=O)C(C)N(CCC#N)C1CC1. The molecule has 1 saturated carbocycles. The number of likely N-dealkylation sites (N-methyl/N-ethyl adjacent to an activating group) is 1. The second kappa shape index (κ2) is 4.97. The Labute approximate surface area is 84.9 Å². The number of carbonyl (C=O) groups excluding carboxylic acids is 1. The van der Waals surface area contributed by atoms with E-state index in [1.54, 1.807) is 7.05 Å². The molecule has 0 bridgehead atoms. The zero-order valence-electron chi connectivity index (χ0n) is 8.79. The molecular weight excluding hydrogens is 178 g/mol. The summed E-state index contributed by atoms with van der Waals surface area (Å²) in [7, 11) is 1.65. The van der Waals surface area contributed by atoms with Crippen molar-refractivity contribution in [3.8, 4) is 6.07 Å². The number of carbonyl (C=O) groups is 1. The molecule has 78 valence electrons. The maximum atomic E-state index is 11.4. The fourth-order valence-corrected chi connectivity index (χ4v) is 1.64. The monoisotopic (exact) mass is 195 g/mol. The molecule has 1 N–H and O–H groups in total. The van der Waals surface area contributed by atoms with Crippen molar-refractivity contribution in [2.24, 2.45) is 0 Å². The number of rotatable bonds is 5. The summed E-state index contributed by atoms with van der Waals surface area (Å²) in [6.45, 7) is 2.60. The summed E-state index contributed by atoms with van der Waals surface area (Å²) in [5, 5.41) is 11.2. The topological polar surface area (TPSA) is 56.1 Å². The fourth-order valence-electron chi connectivity index (χ4n) is 1.64. The van der Waals surface area contributed by atoms with Crippen LogP contribution < -0.4 is 5.32 Å². The summed E-state index contributed by atoms with van der Waals surface area (Å²) in [5.74, 6) is 0.0369. The van der Waals surface area contributed by atoms with Crippen LogP contribution in [0.25, 0.3) is 0 Å². The van der Waals surface area contributed by atoms with Crippen molar-refractivity contribution in [3.63, 3.8) is 0 Å². The van der Waals surface area contributed by atoms with Gasteiger partial charge >= 0.3 is 0 Å². The molecule has 1 atom stereocenters. The number of hydrogen-bond acceptors (Lipinski definition) is 3. The van der Waals surface area contributed by atoms with Crippen LogP contribution in [0.1, 0.15) is 26.2 Å². The lowest BCUT2D eigenvalue weighted by Gasteiger charge is -2.26. The van der Waals surface area contributed by atoms with Crippen LogP contribution in [0.5, 0.6) is 0 Å². The molecule has 1 rings (SSSR count). The normalized spacial score (nSPS) is 17.6. The van der Waals surface area contributed by atoms with E-state index in [0.717, 1.165) is 12.8 Å². The molecule has 1 fully saturated rings.